The number of nitrogens with one attached hydrogen (secondary N) is 2. The zero-order chi connectivity index (χ0) is 88.0. The predicted octanol–water partition coefficient (Wildman–Crippen LogP) is 38.2. The first-order valence-electron chi connectivity index (χ1n) is 54.8. The molecule has 0 aliphatic heterocycles. The van der Waals surface area contributed by atoms with Crippen LogP contribution in [0.15, 0.2) is 48.5 Å². The van der Waals surface area contributed by atoms with Gasteiger partial charge in [-0.3, -0.25) is 0 Å². The minimum Gasteiger partial charge on any atom is -0.489 e. The smallest absolute Gasteiger partial charge is 0.232 e. The van der Waals surface area contributed by atoms with Gasteiger partial charge < -0.3 is 39.1 Å². The Labute approximate surface area is 768 Å². The molecule has 11 heteroatoms. The Kier molecular flexibility index (Phi) is 76.3. The Balaban J connectivity index is 1.71. The molecule has 2 N–H and O–H groups in total. The minimum absolute atomic E-state index is 0.398. The highest BCUT2D eigenvalue weighted by atomic mass is 16.5. The molecule has 0 saturated heterocycles. The molecule has 11 nitrogen and oxygen atoms in total. The SMILES string of the molecule is [CH2]Cc1ccc(-c2nc(Nc3cc(OCCCCCCCCCCCCCCC)c(OCCCCCCCCCCCCCCC)c(OCCCCCCCCCCCCCCC)c3)nc(Nc3cc(OCCCCCCCCCCCCCCC)c(OCCCCCCCCCCCCCCC)c(OCCCCCCCCCCCCCCC)c3)n2)cc1. The van der Waals surface area contributed by atoms with E-state index in [9.17, 15) is 0 Å². The van der Waals surface area contributed by atoms with Gasteiger partial charge in [0.25, 0.3) is 0 Å². The van der Waals surface area contributed by atoms with E-state index < -0.39 is 0 Å². The summed E-state index contributed by atoms with van der Waals surface area (Å²) in [7, 11) is 0. The van der Waals surface area contributed by atoms with Crippen molar-refractivity contribution in [3.05, 3.63) is 61.0 Å². The number of hydrogen-bond acceptors (Lipinski definition) is 11. The Bertz CT molecular complexity index is 2670. The maximum Gasteiger partial charge on any atom is 0.232 e. The molecule has 0 aliphatic carbocycles. The highest BCUT2D eigenvalue weighted by Crippen LogP contribution is 2.44. The van der Waals surface area contributed by atoms with E-state index in [-0.39, 0.29) is 0 Å². The lowest BCUT2D eigenvalue weighted by atomic mass is 10.0. The van der Waals surface area contributed by atoms with Crippen LogP contribution in [0.3, 0.4) is 0 Å². The molecule has 0 unspecified atom stereocenters. The number of ether oxygens (including phenoxy) is 6. The van der Waals surface area contributed by atoms with Crippen LogP contribution < -0.4 is 39.1 Å². The first-order valence-corrected chi connectivity index (χ1v) is 54.8. The van der Waals surface area contributed by atoms with Gasteiger partial charge in [0, 0.05) is 41.2 Å². The number of unbranched alkanes of at least 4 members (excludes halogenated alkanes) is 72. The number of nitrogens with zero attached hydrogens (tertiary/aromatic N) is 3. The molecular formula is C113H200N5O6. The molecule has 4 aromatic rings. The highest BCUT2D eigenvalue weighted by molar-refractivity contribution is 5.70. The summed E-state index contributed by atoms with van der Waals surface area (Å²) in [5, 5.41) is 7.46. The molecule has 0 bridgehead atoms. The third kappa shape index (κ3) is 62.3. The summed E-state index contributed by atoms with van der Waals surface area (Å²) in [4.78, 5) is 15.8. The van der Waals surface area contributed by atoms with Crippen LogP contribution in [0, 0.1) is 6.92 Å². The van der Waals surface area contributed by atoms with E-state index >= 15 is 0 Å². The molecule has 0 amide bonds. The van der Waals surface area contributed by atoms with Crippen molar-refractivity contribution in [2.75, 3.05) is 50.3 Å². The fourth-order valence-electron chi connectivity index (χ4n) is 17.5. The zero-order valence-electron chi connectivity index (χ0n) is 82.7. The summed E-state index contributed by atoms with van der Waals surface area (Å²) in [5.41, 5.74) is 3.56. The number of rotatable bonds is 96. The van der Waals surface area contributed by atoms with E-state index in [2.05, 4.69) is 108 Å². The van der Waals surface area contributed by atoms with Gasteiger partial charge in [0.1, 0.15) is 0 Å². The van der Waals surface area contributed by atoms with Crippen LogP contribution in [0.4, 0.5) is 23.3 Å². The lowest BCUT2D eigenvalue weighted by molar-refractivity contribution is 0.234. The molecule has 713 valence electrons. The van der Waals surface area contributed by atoms with Crippen molar-refractivity contribution in [2.24, 2.45) is 0 Å². The fraction of sp³-hybridized carbons (Fsp3) is 0.805. The monoisotopic (exact) mass is 1720 g/mol. The lowest BCUT2D eigenvalue weighted by Gasteiger charge is -2.20. The van der Waals surface area contributed by atoms with Crippen LogP contribution >= 0.6 is 0 Å². The molecule has 0 aliphatic rings. The molecule has 1 aromatic heterocycles. The summed E-state index contributed by atoms with van der Waals surface area (Å²) in [6.45, 7) is 21.7. The zero-order valence-corrected chi connectivity index (χ0v) is 82.7. The van der Waals surface area contributed by atoms with Crippen LogP contribution in [-0.2, 0) is 6.42 Å². The molecule has 3 aromatic carbocycles. The standard InChI is InChI=1S/C113H200N5O6/c1-8-15-21-27-33-39-45-51-57-63-69-75-81-91-119-105-97-103(98-106(120-92-82-76-70-64-58-52-46-40-34-28-22-16-9-2)109(105)123-95-85-79-73-67-61-55-49-43-37-31-25-19-12-5)114-112-116-111(102-89-87-101(14-7)88-90-102)117-113(118-112)115-104-99-107(121-93-83-77-71-65-59-53-47-41-35-29-23-17-10-3)110(124-96-86-80-74-68-62-56-50-44-38-32-26-20-13-6)108(100-104)122-94-84-78-72-66-60-54-48-42-36-30-24-18-11-4/h87-90,97-100H,7-86,91-96H2,1-6H3,(H2,114,115,116,117,118). The van der Waals surface area contributed by atoms with Crippen molar-refractivity contribution in [3.8, 4) is 45.9 Å². The predicted molar refractivity (Wildman–Crippen MR) is 541 cm³/mol. The number of aromatic nitrogens is 3. The average Bonchev–Trinajstić information content (AvgIpc) is 0.799. The number of anilines is 4. The maximum atomic E-state index is 6.98. The molecule has 0 spiro atoms. The van der Waals surface area contributed by atoms with Gasteiger partial charge >= 0.3 is 0 Å². The van der Waals surface area contributed by atoms with Crippen molar-refractivity contribution in [3.63, 3.8) is 0 Å². The molecule has 0 saturated carbocycles. The van der Waals surface area contributed by atoms with E-state index in [0.717, 1.165) is 99.6 Å². The third-order valence-corrected chi connectivity index (χ3v) is 25.7. The van der Waals surface area contributed by atoms with Gasteiger partial charge in [-0.05, 0) is 57.4 Å². The maximum absolute atomic E-state index is 6.98. The van der Waals surface area contributed by atoms with Gasteiger partial charge in [0.2, 0.25) is 23.4 Å². The molecule has 1 radical (unpaired) electrons. The van der Waals surface area contributed by atoms with Crippen LogP contribution in [-0.4, -0.2) is 54.6 Å². The van der Waals surface area contributed by atoms with E-state index in [0.29, 0.717) is 98.3 Å². The van der Waals surface area contributed by atoms with Gasteiger partial charge in [-0.25, -0.2) is 0 Å². The van der Waals surface area contributed by atoms with Crippen molar-refractivity contribution in [2.45, 2.75) is 549 Å². The van der Waals surface area contributed by atoms with Crippen molar-refractivity contribution >= 4 is 23.3 Å². The van der Waals surface area contributed by atoms with E-state index in [4.69, 9.17) is 43.4 Å². The number of hydrogen-bond donors (Lipinski definition) is 2. The van der Waals surface area contributed by atoms with Crippen LogP contribution in [0.25, 0.3) is 11.4 Å². The first-order chi connectivity index (χ1) is 61.5. The van der Waals surface area contributed by atoms with Gasteiger partial charge in [-0.1, -0.05) is 528 Å². The Morgan fingerprint density at radius 1 is 0.210 bits per heavy atom. The fourth-order valence-corrected chi connectivity index (χ4v) is 17.5. The van der Waals surface area contributed by atoms with Crippen molar-refractivity contribution in [1.82, 2.24) is 15.0 Å². The average molecular weight is 1720 g/mol. The summed E-state index contributed by atoms with van der Waals surface area (Å²) >= 11 is 0. The van der Waals surface area contributed by atoms with Crippen LogP contribution in [0.1, 0.15) is 548 Å². The summed E-state index contributed by atoms with van der Waals surface area (Å²) in [6.07, 6.45) is 102. The summed E-state index contributed by atoms with van der Waals surface area (Å²) in [6, 6.07) is 16.8. The summed E-state index contributed by atoms with van der Waals surface area (Å²) < 4.78 is 41.9. The van der Waals surface area contributed by atoms with Crippen molar-refractivity contribution < 1.29 is 28.4 Å². The van der Waals surface area contributed by atoms with E-state index in [1.165, 1.54) is 424 Å². The normalized spacial score (nSPS) is 11.5. The number of benzene rings is 3. The minimum atomic E-state index is 0.398. The van der Waals surface area contributed by atoms with Gasteiger partial charge in [-0.15, -0.1) is 0 Å². The highest BCUT2D eigenvalue weighted by Gasteiger charge is 2.22. The third-order valence-electron chi connectivity index (χ3n) is 25.7. The van der Waals surface area contributed by atoms with Gasteiger partial charge in [-0.2, -0.15) is 15.0 Å². The molecule has 0 fully saturated rings. The topological polar surface area (TPSA) is 118 Å². The van der Waals surface area contributed by atoms with E-state index in [1.807, 2.05) is 0 Å². The van der Waals surface area contributed by atoms with Gasteiger partial charge in [0.15, 0.2) is 28.8 Å². The first kappa shape index (κ1) is 111. The Morgan fingerprint density at radius 3 is 0.556 bits per heavy atom. The molecule has 0 atom stereocenters. The second-order valence-corrected chi connectivity index (χ2v) is 37.7. The second-order valence-electron chi connectivity index (χ2n) is 37.7. The summed E-state index contributed by atoms with van der Waals surface area (Å²) in [5.74, 6) is 5.54. The Hall–Kier alpha value is -4.93. The van der Waals surface area contributed by atoms with E-state index in [1.54, 1.807) is 0 Å². The van der Waals surface area contributed by atoms with Gasteiger partial charge in [0.05, 0.1) is 39.6 Å². The quantitative estimate of drug-likeness (QED) is 0.0412. The molecule has 124 heavy (non-hydrogen) atoms. The molecule has 1 heterocycles. The molecular weight excluding hydrogens is 1520 g/mol. The van der Waals surface area contributed by atoms with Crippen molar-refractivity contribution in [1.29, 1.82) is 0 Å². The molecule has 4 rings (SSSR count). The van der Waals surface area contributed by atoms with Crippen LogP contribution in [0.5, 0.6) is 34.5 Å². The lowest BCUT2D eigenvalue weighted by Crippen LogP contribution is -2.09. The largest absolute Gasteiger partial charge is 0.489 e. The Morgan fingerprint density at radius 2 is 0.379 bits per heavy atom. The van der Waals surface area contributed by atoms with Crippen LogP contribution in [0.2, 0.25) is 0 Å². The second kappa shape index (κ2) is 84.9.